The number of hydrogen-bond acceptors (Lipinski definition) is 8. The normalized spacial score (nSPS) is 15.6. The monoisotopic (exact) mass is 462 g/mol. The fourth-order valence-corrected chi connectivity index (χ4v) is 4.09. The summed E-state index contributed by atoms with van der Waals surface area (Å²) in [6.07, 6.45) is 3.98. The first-order chi connectivity index (χ1) is 16.5. The number of aldehydes is 1. The lowest BCUT2D eigenvalue weighted by Crippen LogP contribution is -2.44. The van der Waals surface area contributed by atoms with E-state index in [2.05, 4.69) is 26.8 Å². The summed E-state index contributed by atoms with van der Waals surface area (Å²) in [5, 5.41) is 4.19. The molecule has 1 unspecified atom stereocenters. The molecule has 1 saturated heterocycles. The Kier molecular flexibility index (Phi) is 7.04. The third-order valence-corrected chi connectivity index (χ3v) is 5.67. The number of Topliss-reactive ketones (excluding diaryl/α,β-unsaturated/α-hetero) is 1. The van der Waals surface area contributed by atoms with E-state index in [0.29, 0.717) is 29.8 Å². The van der Waals surface area contributed by atoms with Crippen LogP contribution in [0.4, 0.5) is 5.95 Å². The molecule has 10 nitrogen and oxygen atoms in total. The highest BCUT2D eigenvalue weighted by Crippen LogP contribution is 2.23. The number of carbonyl (C=O) groups is 2. The van der Waals surface area contributed by atoms with Crippen LogP contribution in [0.3, 0.4) is 0 Å². The van der Waals surface area contributed by atoms with Crippen molar-refractivity contribution in [2.45, 2.75) is 38.9 Å². The lowest BCUT2D eigenvalue weighted by Gasteiger charge is -2.31. The van der Waals surface area contributed by atoms with Crippen LogP contribution >= 0.6 is 0 Å². The van der Waals surface area contributed by atoms with Gasteiger partial charge in [-0.3, -0.25) is 19.0 Å². The minimum absolute atomic E-state index is 0.0353. The second-order valence-electron chi connectivity index (χ2n) is 8.01. The van der Waals surface area contributed by atoms with Crippen molar-refractivity contribution in [1.29, 1.82) is 0 Å². The van der Waals surface area contributed by atoms with Gasteiger partial charge in [0.05, 0.1) is 18.3 Å². The third kappa shape index (κ3) is 4.70. The van der Waals surface area contributed by atoms with Crippen molar-refractivity contribution in [2.24, 2.45) is 5.73 Å². The molecule has 3 aromatic rings. The van der Waals surface area contributed by atoms with E-state index in [1.165, 1.54) is 6.20 Å². The number of nitrogens with zero attached hydrogens (tertiary/aromatic N) is 5. The smallest absolute Gasteiger partial charge is 0.293 e. The van der Waals surface area contributed by atoms with E-state index in [0.717, 1.165) is 24.1 Å². The first-order valence-electron chi connectivity index (χ1n) is 11.1. The zero-order chi connectivity index (χ0) is 24.1. The van der Waals surface area contributed by atoms with Gasteiger partial charge in [0.2, 0.25) is 5.95 Å². The largest absolute Gasteiger partial charge is 0.485 e. The molecule has 2 aromatic heterocycles. The molecule has 1 aliphatic rings. The summed E-state index contributed by atoms with van der Waals surface area (Å²) in [4.78, 5) is 43.8. The van der Waals surface area contributed by atoms with E-state index in [-0.39, 0.29) is 42.8 Å². The molecule has 1 atom stereocenters. The van der Waals surface area contributed by atoms with Gasteiger partial charge in [0.25, 0.3) is 5.56 Å². The average Bonchev–Trinajstić information content (AvgIpc) is 3.22. The molecule has 0 saturated carbocycles. The zero-order valence-electron chi connectivity index (χ0n) is 18.9. The van der Waals surface area contributed by atoms with E-state index < -0.39 is 5.56 Å². The number of aromatic nitrogens is 4. The van der Waals surface area contributed by atoms with E-state index in [1.807, 2.05) is 0 Å². The van der Waals surface area contributed by atoms with E-state index >= 15 is 0 Å². The number of nitrogens with two attached hydrogens (primary N) is 1. The predicted molar refractivity (Wildman–Crippen MR) is 127 cm³/mol. The molecule has 1 fully saturated rings. The first-order valence-corrected chi connectivity index (χ1v) is 11.1. The highest BCUT2D eigenvalue weighted by atomic mass is 16.5. The number of imidazole rings is 1. The van der Waals surface area contributed by atoms with Crippen molar-refractivity contribution in [3.8, 4) is 17.6 Å². The third-order valence-electron chi connectivity index (χ3n) is 5.67. The molecule has 1 aliphatic heterocycles. The topological polar surface area (TPSA) is 125 Å². The summed E-state index contributed by atoms with van der Waals surface area (Å²) in [6.45, 7) is 2.98. The summed E-state index contributed by atoms with van der Waals surface area (Å²) in [6, 6.07) is 6.62. The minimum atomic E-state index is -0.435. The lowest BCUT2D eigenvalue weighted by atomic mass is 10.1. The van der Waals surface area contributed by atoms with Gasteiger partial charge < -0.3 is 15.4 Å². The van der Waals surface area contributed by atoms with Crippen molar-refractivity contribution in [3.63, 3.8) is 0 Å². The molecule has 2 N–H and O–H groups in total. The average molecular weight is 463 g/mol. The Labute approximate surface area is 196 Å². The number of rotatable bonds is 8. The first kappa shape index (κ1) is 23.2. The number of ketones is 1. The fraction of sp³-hybridized carbons (Fsp3) is 0.375. The summed E-state index contributed by atoms with van der Waals surface area (Å²) in [5.74, 6) is 6.41. The Morgan fingerprint density at radius 3 is 2.94 bits per heavy atom. The molecular formula is C24H26N6O4. The van der Waals surface area contributed by atoms with Gasteiger partial charge in [-0.15, -0.1) is 5.92 Å². The van der Waals surface area contributed by atoms with Crippen LogP contribution in [0.2, 0.25) is 0 Å². The molecule has 4 rings (SSSR count). The summed E-state index contributed by atoms with van der Waals surface area (Å²) in [5.41, 5.74) is 6.77. The van der Waals surface area contributed by atoms with E-state index in [4.69, 9.17) is 10.5 Å². The molecule has 3 heterocycles. The van der Waals surface area contributed by atoms with Crippen LogP contribution < -0.4 is 20.9 Å². The number of fused-ring (bicyclic) bond motifs is 1. The van der Waals surface area contributed by atoms with Crippen LogP contribution in [0.5, 0.6) is 5.75 Å². The highest BCUT2D eigenvalue weighted by Gasteiger charge is 2.25. The number of piperidine rings is 1. The Morgan fingerprint density at radius 2 is 2.18 bits per heavy atom. The van der Waals surface area contributed by atoms with Gasteiger partial charge in [-0.25, -0.2) is 9.67 Å². The Hall–Kier alpha value is -3.97. The van der Waals surface area contributed by atoms with E-state index in [1.54, 1.807) is 35.8 Å². The minimum Gasteiger partial charge on any atom is -0.485 e. The SMILES string of the molecule is CC#CCn1c(N2CCCC(N)C2)nc2cnn(CC(=O)c3ccccc3OCC=O)c(=O)c21. The zero-order valence-corrected chi connectivity index (χ0v) is 18.9. The fourth-order valence-electron chi connectivity index (χ4n) is 4.09. The quantitative estimate of drug-likeness (QED) is 0.299. The molecule has 0 radical (unpaired) electrons. The molecule has 176 valence electrons. The molecule has 0 spiro atoms. The van der Waals surface area contributed by atoms with Crippen LogP contribution in [0.15, 0.2) is 35.3 Å². The van der Waals surface area contributed by atoms with Crippen molar-refractivity contribution in [1.82, 2.24) is 19.3 Å². The molecule has 0 amide bonds. The molecule has 0 aliphatic carbocycles. The maximum Gasteiger partial charge on any atom is 0.293 e. The number of anilines is 1. The van der Waals surface area contributed by atoms with Gasteiger partial charge in [-0.1, -0.05) is 18.1 Å². The van der Waals surface area contributed by atoms with Gasteiger partial charge in [-0.2, -0.15) is 5.10 Å². The second-order valence-corrected chi connectivity index (χ2v) is 8.01. The van der Waals surface area contributed by atoms with Crippen LogP contribution in [0.1, 0.15) is 30.1 Å². The van der Waals surface area contributed by atoms with Gasteiger partial charge in [-0.05, 0) is 31.9 Å². The summed E-state index contributed by atoms with van der Waals surface area (Å²) >= 11 is 0. The van der Waals surface area contributed by atoms with Gasteiger partial charge in [0.15, 0.2) is 12.1 Å². The maximum atomic E-state index is 13.4. The van der Waals surface area contributed by atoms with Gasteiger partial charge >= 0.3 is 0 Å². The van der Waals surface area contributed by atoms with Crippen LogP contribution in [0.25, 0.3) is 11.0 Å². The molecular weight excluding hydrogens is 436 g/mol. The standard InChI is InChI=1S/C24H26N6O4/c1-2-3-11-29-22-19(27-24(29)28-10-6-7-17(25)15-28)14-26-30(23(22)33)16-20(32)18-8-4-5-9-21(18)34-13-12-31/h4-5,8-9,12,14,17H,6-7,10-11,13,15-16,25H2,1H3. The number of hydrogen-bond donors (Lipinski definition) is 1. The molecule has 0 bridgehead atoms. The van der Waals surface area contributed by atoms with Crippen LogP contribution in [-0.2, 0) is 17.9 Å². The van der Waals surface area contributed by atoms with Crippen molar-refractivity contribution >= 4 is 29.1 Å². The van der Waals surface area contributed by atoms with Crippen molar-refractivity contribution in [3.05, 3.63) is 46.4 Å². The maximum absolute atomic E-state index is 13.4. The lowest BCUT2D eigenvalue weighted by molar-refractivity contribution is -0.109. The van der Waals surface area contributed by atoms with Crippen LogP contribution in [-0.4, -0.2) is 57.1 Å². The molecule has 1 aromatic carbocycles. The van der Waals surface area contributed by atoms with Gasteiger partial charge in [0, 0.05) is 19.1 Å². The highest BCUT2D eigenvalue weighted by molar-refractivity contribution is 5.98. The molecule has 10 heteroatoms. The van der Waals surface area contributed by atoms with Gasteiger partial charge in [0.1, 0.15) is 29.9 Å². The molecule has 34 heavy (non-hydrogen) atoms. The summed E-state index contributed by atoms with van der Waals surface area (Å²) < 4.78 is 8.24. The van der Waals surface area contributed by atoms with Crippen molar-refractivity contribution < 1.29 is 14.3 Å². The van der Waals surface area contributed by atoms with E-state index in [9.17, 15) is 14.4 Å². The Bertz CT molecular complexity index is 1330. The second kappa shape index (κ2) is 10.3. The summed E-state index contributed by atoms with van der Waals surface area (Å²) in [7, 11) is 0. The Morgan fingerprint density at radius 1 is 1.35 bits per heavy atom. The number of para-hydroxylation sites is 1. The number of benzene rings is 1. The van der Waals surface area contributed by atoms with Crippen molar-refractivity contribution in [2.75, 3.05) is 24.6 Å². The number of carbonyl (C=O) groups excluding carboxylic acids is 2. The Balaban J connectivity index is 1.72. The predicted octanol–water partition coefficient (Wildman–Crippen LogP) is 1.00. The van der Waals surface area contributed by atoms with Crippen LogP contribution in [0, 0.1) is 11.8 Å². The number of ether oxygens (including phenoxy) is 1.